The van der Waals surface area contributed by atoms with Gasteiger partial charge in [-0.2, -0.15) is 0 Å². The van der Waals surface area contributed by atoms with Gasteiger partial charge in [0.2, 0.25) is 5.91 Å². The van der Waals surface area contributed by atoms with Crippen molar-refractivity contribution in [3.05, 3.63) is 54.6 Å². The first kappa shape index (κ1) is 28.8. The number of hydrogen-bond donors (Lipinski definition) is 1. The molecule has 3 unspecified atom stereocenters. The van der Waals surface area contributed by atoms with Crippen molar-refractivity contribution in [1.29, 1.82) is 0 Å². The van der Waals surface area contributed by atoms with Crippen LogP contribution in [0.3, 0.4) is 0 Å². The standard InChI is InChI=1S/C28H34BrClN2O6/c1-3-5-6-7-16-37-27(36)21-22-25(34)32(14-8-15-33)24(28(22)17-20(29)23(21)38-28)26(35)31(13-4-2)19-11-9-18(30)10-12-19/h3-4,9-12,20-24,33H,1-2,5-8,13-17H2/t20?,21-,22-,23-,24?,28?/m0/s1. The zero-order valence-electron chi connectivity index (χ0n) is 21.3. The van der Waals surface area contributed by atoms with Crippen molar-refractivity contribution in [2.75, 3.05) is 31.2 Å². The van der Waals surface area contributed by atoms with Gasteiger partial charge in [0.15, 0.2) is 0 Å². The number of fused-ring (bicyclic) bond motifs is 1. The maximum Gasteiger partial charge on any atom is 0.312 e. The molecule has 4 rings (SSSR count). The summed E-state index contributed by atoms with van der Waals surface area (Å²) < 4.78 is 12.1. The molecule has 38 heavy (non-hydrogen) atoms. The molecule has 6 atom stereocenters. The number of ether oxygens (including phenoxy) is 2. The summed E-state index contributed by atoms with van der Waals surface area (Å²) in [5.74, 6) is -2.79. The molecule has 3 heterocycles. The molecule has 1 aromatic rings. The van der Waals surface area contributed by atoms with E-state index in [0.29, 0.717) is 30.0 Å². The number of esters is 1. The van der Waals surface area contributed by atoms with Crippen molar-refractivity contribution in [3.8, 4) is 0 Å². The Morgan fingerprint density at radius 3 is 2.63 bits per heavy atom. The minimum atomic E-state index is -1.19. The number of aliphatic hydroxyl groups is 1. The SMILES string of the molecule is C=CCCCCOC(=O)[C@H]1[C@H]2C(=O)N(CCCO)C(C(=O)N(CC=C)c3ccc(Cl)cc3)C23CC(Br)[C@@H]1O3. The molecule has 2 amide bonds. The van der Waals surface area contributed by atoms with Gasteiger partial charge in [-0.25, -0.2) is 0 Å². The van der Waals surface area contributed by atoms with Gasteiger partial charge in [-0.3, -0.25) is 14.4 Å². The lowest BCUT2D eigenvalue weighted by Crippen LogP contribution is -2.57. The normalized spacial score (nSPS) is 29.3. The van der Waals surface area contributed by atoms with Crippen LogP contribution in [-0.4, -0.2) is 76.7 Å². The Balaban J connectivity index is 1.67. The van der Waals surface area contributed by atoms with Crippen molar-refractivity contribution in [3.63, 3.8) is 0 Å². The highest BCUT2D eigenvalue weighted by molar-refractivity contribution is 9.09. The van der Waals surface area contributed by atoms with Gasteiger partial charge in [-0.05, 0) is 56.4 Å². The van der Waals surface area contributed by atoms with Crippen LogP contribution in [0.5, 0.6) is 0 Å². The Kier molecular flexibility index (Phi) is 9.34. The van der Waals surface area contributed by atoms with E-state index in [9.17, 15) is 19.5 Å². The fraction of sp³-hybridized carbons (Fsp3) is 0.536. The van der Waals surface area contributed by atoms with E-state index in [1.807, 2.05) is 6.08 Å². The van der Waals surface area contributed by atoms with Crippen LogP contribution < -0.4 is 4.90 Å². The number of unbranched alkanes of at least 4 members (excludes halogenated alkanes) is 2. The van der Waals surface area contributed by atoms with Crippen LogP contribution in [0.1, 0.15) is 32.1 Å². The van der Waals surface area contributed by atoms with Crippen molar-refractivity contribution in [1.82, 2.24) is 4.90 Å². The first-order chi connectivity index (χ1) is 18.3. The molecule has 3 aliphatic rings. The fourth-order valence-electron chi connectivity index (χ4n) is 6.04. The number of carbonyl (C=O) groups excluding carboxylic acids is 3. The number of anilines is 1. The van der Waals surface area contributed by atoms with Crippen LogP contribution in [0, 0.1) is 11.8 Å². The summed E-state index contributed by atoms with van der Waals surface area (Å²) in [6, 6.07) is 5.88. The zero-order valence-corrected chi connectivity index (χ0v) is 23.6. The number of allylic oxidation sites excluding steroid dienone is 1. The van der Waals surface area contributed by atoms with Crippen molar-refractivity contribution in [2.45, 2.75) is 54.7 Å². The summed E-state index contributed by atoms with van der Waals surface area (Å²) in [5.41, 5.74) is -0.590. The zero-order chi connectivity index (χ0) is 27.4. The van der Waals surface area contributed by atoms with Crippen LogP contribution in [0.4, 0.5) is 5.69 Å². The number of benzene rings is 1. The molecule has 10 heteroatoms. The van der Waals surface area contributed by atoms with Gasteiger partial charge in [0.1, 0.15) is 11.6 Å². The largest absolute Gasteiger partial charge is 0.465 e. The molecule has 1 aromatic carbocycles. The fourth-order valence-corrected chi connectivity index (χ4v) is 7.11. The predicted molar refractivity (Wildman–Crippen MR) is 148 cm³/mol. The monoisotopic (exact) mass is 608 g/mol. The summed E-state index contributed by atoms with van der Waals surface area (Å²) in [4.78, 5) is 44.3. The van der Waals surface area contributed by atoms with Crippen LogP contribution in [0.2, 0.25) is 5.02 Å². The molecular weight excluding hydrogens is 576 g/mol. The number of aliphatic hydroxyl groups excluding tert-OH is 1. The Bertz CT molecular complexity index is 1070. The van der Waals surface area contributed by atoms with E-state index in [1.54, 1.807) is 35.2 Å². The topological polar surface area (TPSA) is 96.4 Å². The molecule has 2 bridgehead atoms. The van der Waals surface area contributed by atoms with E-state index in [4.69, 9.17) is 21.1 Å². The van der Waals surface area contributed by atoms with Crippen molar-refractivity contribution < 1.29 is 29.0 Å². The minimum absolute atomic E-state index is 0.142. The number of halogens is 2. The molecular formula is C28H34BrClN2O6. The lowest BCUT2D eigenvalue weighted by Gasteiger charge is -2.37. The summed E-state index contributed by atoms with van der Waals surface area (Å²) in [5, 5.41) is 10.1. The minimum Gasteiger partial charge on any atom is -0.465 e. The Morgan fingerprint density at radius 1 is 1.24 bits per heavy atom. The molecule has 0 saturated carbocycles. The first-order valence-corrected chi connectivity index (χ1v) is 14.3. The van der Waals surface area contributed by atoms with E-state index in [1.165, 1.54) is 4.90 Å². The molecule has 3 saturated heterocycles. The second-order valence-corrected chi connectivity index (χ2v) is 11.6. The van der Waals surface area contributed by atoms with Gasteiger partial charge in [-0.15, -0.1) is 13.2 Å². The Hall–Kier alpha value is -2.20. The van der Waals surface area contributed by atoms with Crippen molar-refractivity contribution >= 4 is 51.0 Å². The van der Waals surface area contributed by atoms with E-state index in [2.05, 4.69) is 29.1 Å². The predicted octanol–water partition coefficient (Wildman–Crippen LogP) is 3.89. The molecule has 1 spiro atoms. The summed E-state index contributed by atoms with van der Waals surface area (Å²) in [7, 11) is 0. The van der Waals surface area contributed by atoms with Gasteiger partial charge in [-0.1, -0.05) is 39.7 Å². The summed E-state index contributed by atoms with van der Waals surface area (Å²) in [6.45, 7) is 7.98. The molecule has 1 N–H and O–H groups in total. The molecule has 3 fully saturated rings. The Morgan fingerprint density at radius 2 is 1.97 bits per heavy atom. The summed E-state index contributed by atoms with van der Waals surface area (Å²) in [6.07, 6.45) is 5.92. The van der Waals surface area contributed by atoms with Crippen LogP contribution in [-0.2, 0) is 23.9 Å². The lowest BCUT2D eigenvalue weighted by atomic mass is 9.70. The van der Waals surface area contributed by atoms with E-state index in [0.717, 1.165) is 12.8 Å². The van der Waals surface area contributed by atoms with E-state index < -0.39 is 35.6 Å². The van der Waals surface area contributed by atoms with Crippen LogP contribution in [0.15, 0.2) is 49.6 Å². The first-order valence-electron chi connectivity index (χ1n) is 13.0. The van der Waals surface area contributed by atoms with Gasteiger partial charge in [0.05, 0.1) is 24.5 Å². The van der Waals surface area contributed by atoms with Crippen molar-refractivity contribution in [2.24, 2.45) is 11.8 Å². The third kappa shape index (κ3) is 5.18. The molecule has 206 valence electrons. The van der Waals surface area contributed by atoms with Gasteiger partial charge in [0.25, 0.3) is 5.91 Å². The number of amides is 2. The molecule has 0 aliphatic carbocycles. The van der Waals surface area contributed by atoms with E-state index >= 15 is 0 Å². The third-order valence-corrected chi connectivity index (χ3v) is 8.71. The van der Waals surface area contributed by atoms with Crippen LogP contribution in [0.25, 0.3) is 0 Å². The number of nitrogens with zero attached hydrogens (tertiary/aromatic N) is 2. The number of carbonyl (C=O) groups is 3. The van der Waals surface area contributed by atoms with Gasteiger partial charge < -0.3 is 24.4 Å². The molecule has 0 radical (unpaired) electrons. The van der Waals surface area contributed by atoms with Gasteiger partial charge >= 0.3 is 5.97 Å². The average molecular weight is 610 g/mol. The Labute approximate surface area is 236 Å². The molecule has 3 aliphatic heterocycles. The second kappa shape index (κ2) is 12.3. The van der Waals surface area contributed by atoms with E-state index in [-0.39, 0.29) is 42.9 Å². The third-order valence-electron chi connectivity index (χ3n) is 7.62. The maximum absolute atomic E-state index is 14.3. The molecule has 8 nitrogen and oxygen atoms in total. The number of rotatable bonds is 13. The highest BCUT2D eigenvalue weighted by atomic mass is 79.9. The van der Waals surface area contributed by atoms with Crippen LogP contribution >= 0.6 is 27.5 Å². The second-order valence-electron chi connectivity index (χ2n) is 9.94. The highest BCUT2D eigenvalue weighted by Gasteiger charge is 2.77. The van der Waals surface area contributed by atoms with Gasteiger partial charge in [0, 0.05) is 35.2 Å². The molecule has 0 aromatic heterocycles. The summed E-state index contributed by atoms with van der Waals surface area (Å²) >= 11 is 9.73. The maximum atomic E-state index is 14.3. The lowest BCUT2D eigenvalue weighted by molar-refractivity contribution is -0.155. The quantitative estimate of drug-likeness (QED) is 0.158. The highest BCUT2D eigenvalue weighted by Crippen LogP contribution is 2.60. The number of alkyl halides is 1. The smallest absolute Gasteiger partial charge is 0.312 e. The average Bonchev–Trinajstić information content (AvgIpc) is 3.49. The number of likely N-dealkylation sites (tertiary alicyclic amines) is 1. The number of hydrogen-bond acceptors (Lipinski definition) is 6.